The van der Waals surface area contributed by atoms with Gasteiger partial charge in [0.15, 0.2) is 17.3 Å². The lowest BCUT2D eigenvalue weighted by atomic mass is 10.1. The van der Waals surface area contributed by atoms with Crippen molar-refractivity contribution in [1.82, 2.24) is 0 Å². The van der Waals surface area contributed by atoms with Gasteiger partial charge in [0.2, 0.25) is 0 Å². The molecule has 0 N–H and O–H groups in total. The lowest BCUT2D eigenvalue weighted by Gasteiger charge is -2.15. The summed E-state index contributed by atoms with van der Waals surface area (Å²) in [5.74, 6) is 1.06. The minimum absolute atomic E-state index is 0.0341. The molecule has 88 valence electrons. The SMILES string of the molecule is CCC(=O)C(Cl)c1cccc(OC)c1OC. The average molecular weight is 243 g/mol. The summed E-state index contributed by atoms with van der Waals surface area (Å²) in [6.07, 6.45) is 0.397. The first kappa shape index (κ1) is 12.8. The van der Waals surface area contributed by atoms with Gasteiger partial charge >= 0.3 is 0 Å². The number of carbonyl (C=O) groups is 1. The largest absolute Gasteiger partial charge is 0.493 e. The molecule has 0 aliphatic carbocycles. The van der Waals surface area contributed by atoms with Gasteiger partial charge in [0.1, 0.15) is 5.38 Å². The first-order chi connectivity index (χ1) is 7.65. The highest BCUT2D eigenvalue weighted by Gasteiger charge is 2.21. The highest BCUT2D eigenvalue weighted by molar-refractivity contribution is 6.31. The van der Waals surface area contributed by atoms with E-state index in [9.17, 15) is 4.79 Å². The molecule has 0 aromatic heterocycles. The molecular formula is C12H15ClO3. The van der Waals surface area contributed by atoms with Crippen LogP contribution in [-0.4, -0.2) is 20.0 Å². The monoisotopic (exact) mass is 242 g/mol. The molecule has 0 fully saturated rings. The number of halogens is 1. The Morgan fingerprint density at radius 3 is 2.56 bits per heavy atom. The van der Waals surface area contributed by atoms with Gasteiger partial charge in [-0.2, -0.15) is 0 Å². The lowest BCUT2D eigenvalue weighted by Crippen LogP contribution is -2.07. The molecule has 1 atom stereocenters. The fourth-order valence-electron chi connectivity index (χ4n) is 1.46. The molecule has 0 aliphatic heterocycles. The number of para-hydroxylation sites is 1. The van der Waals surface area contributed by atoms with Crippen LogP contribution < -0.4 is 9.47 Å². The van der Waals surface area contributed by atoms with Gasteiger partial charge in [-0.1, -0.05) is 19.1 Å². The zero-order valence-corrected chi connectivity index (χ0v) is 10.4. The molecule has 1 rings (SSSR count). The van der Waals surface area contributed by atoms with Crippen LogP contribution in [0.25, 0.3) is 0 Å². The summed E-state index contributed by atoms with van der Waals surface area (Å²) in [5.41, 5.74) is 0.648. The van der Waals surface area contributed by atoms with E-state index in [1.54, 1.807) is 32.2 Å². The molecule has 1 aromatic rings. The normalized spacial score (nSPS) is 12.0. The van der Waals surface area contributed by atoms with Crippen molar-refractivity contribution in [3.05, 3.63) is 23.8 Å². The summed E-state index contributed by atoms with van der Waals surface area (Å²) in [6.45, 7) is 1.78. The van der Waals surface area contributed by atoms with Crippen LogP contribution in [0.2, 0.25) is 0 Å². The van der Waals surface area contributed by atoms with E-state index in [1.165, 1.54) is 7.11 Å². The van der Waals surface area contributed by atoms with Crippen LogP contribution >= 0.6 is 11.6 Å². The maximum absolute atomic E-state index is 11.6. The number of hydrogen-bond donors (Lipinski definition) is 0. The number of ketones is 1. The Labute approximate surface area is 100 Å². The Kier molecular flexibility index (Phi) is 4.62. The summed E-state index contributed by atoms with van der Waals surface area (Å²) in [5, 5.41) is -0.685. The predicted molar refractivity (Wildman–Crippen MR) is 63.4 cm³/mol. The third-order valence-corrected chi connectivity index (χ3v) is 2.82. The maximum atomic E-state index is 11.6. The average Bonchev–Trinajstić information content (AvgIpc) is 2.35. The number of Topliss-reactive ketones (excluding diaryl/α,β-unsaturated/α-hetero) is 1. The second-order valence-corrected chi connectivity index (χ2v) is 3.70. The fourth-order valence-corrected chi connectivity index (χ4v) is 1.79. The Hall–Kier alpha value is -1.22. The second kappa shape index (κ2) is 5.75. The van der Waals surface area contributed by atoms with Crippen molar-refractivity contribution in [2.75, 3.05) is 14.2 Å². The maximum Gasteiger partial charge on any atom is 0.165 e. The van der Waals surface area contributed by atoms with Gasteiger partial charge in [0.25, 0.3) is 0 Å². The molecular weight excluding hydrogens is 228 g/mol. The molecule has 0 saturated heterocycles. The van der Waals surface area contributed by atoms with Crippen molar-refractivity contribution >= 4 is 17.4 Å². The van der Waals surface area contributed by atoms with Crippen LogP contribution in [0.1, 0.15) is 24.3 Å². The standard InChI is InChI=1S/C12H15ClO3/c1-4-9(14)11(13)8-6-5-7-10(15-2)12(8)16-3/h5-7,11H,4H2,1-3H3. The van der Waals surface area contributed by atoms with Crippen molar-refractivity contribution in [3.8, 4) is 11.5 Å². The number of ether oxygens (including phenoxy) is 2. The van der Waals surface area contributed by atoms with E-state index < -0.39 is 5.38 Å². The number of carbonyl (C=O) groups excluding carboxylic acids is 1. The molecule has 0 spiro atoms. The van der Waals surface area contributed by atoms with E-state index in [0.29, 0.717) is 23.5 Å². The van der Waals surface area contributed by atoms with E-state index in [2.05, 4.69) is 0 Å². The quantitative estimate of drug-likeness (QED) is 0.745. The summed E-state index contributed by atoms with van der Waals surface area (Å²) < 4.78 is 10.4. The zero-order valence-electron chi connectivity index (χ0n) is 9.62. The lowest BCUT2D eigenvalue weighted by molar-refractivity contribution is -0.118. The molecule has 4 heteroatoms. The molecule has 1 unspecified atom stereocenters. The Morgan fingerprint density at radius 1 is 1.38 bits per heavy atom. The van der Waals surface area contributed by atoms with Crippen LogP contribution in [0.5, 0.6) is 11.5 Å². The minimum atomic E-state index is -0.685. The molecule has 0 amide bonds. The molecule has 1 aromatic carbocycles. The molecule has 0 bridgehead atoms. The highest BCUT2D eigenvalue weighted by atomic mass is 35.5. The second-order valence-electron chi connectivity index (χ2n) is 3.27. The van der Waals surface area contributed by atoms with Crippen molar-refractivity contribution in [2.45, 2.75) is 18.7 Å². The summed E-state index contributed by atoms with van der Waals surface area (Å²) in [7, 11) is 3.08. The van der Waals surface area contributed by atoms with Gasteiger partial charge in [0, 0.05) is 12.0 Å². The van der Waals surface area contributed by atoms with Gasteiger partial charge in [0.05, 0.1) is 14.2 Å². The van der Waals surface area contributed by atoms with Crippen LogP contribution in [0, 0.1) is 0 Å². The van der Waals surface area contributed by atoms with Crippen molar-refractivity contribution in [2.24, 2.45) is 0 Å². The van der Waals surface area contributed by atoms with Crippen LogP contribution in [0.3, 0.4) is 0 Å². The zero-order chi connectivity index (χ0) is 12.1. The Balaban J connectivity index is 3.17. The number of rotatable bonds is 5. The molecule has 3 nitrogen and oxygen atoms in total. The Bertz CT molecular complexity index is 377. The van der Waals surface area contributed by atoms with Crippen molar-refractivity contribution in [3.63, 3.8) is 0 Å². The Morgan fingerprint density at radius 2 is 2.06 bits per heavy atom. The fraction of sp³-hybridized carbons (Fsp3) is 0.417. The summed E-state index contributed by atoms with van der Waals surface area (Å²) in [6, 6.07) is 5.32. The molecule has 0 heterocycles. The topological polar surface area (TPSA) is 35.5 Å². The summed E-state index contributed by atoms with van der Waals surface area (Å²) >= 11 is 6.08. The van der Waals surface area contributed by atoms with Crippen LogP contribution in [-0.2, 0) is 4.79 Å². The number of methoxy groups -OCH3 is 2. The van der Waals surface area contributed by atoms with E-state index in [4.69, 9.17) is 21.1 Å². The number of alkyl halides is 1. The van der Waals surface area contributed by atoms with Gasteiger partial charge in [-0.3, -0.25) is 4.79 Å². The van der Waals surface area contributed by atoms with E-state index in [1.807, 2.05) is 0 Å². The predicted octanol–water partition coefficient (Wildman–Crippen LogP) is 2.96. The van der Waals surface area contributed by atoms with Gasteiger partial charge in [-0.15, -0.1) is 11.6 Å². The van der Waals surface area contributed by atoms with E-state index >= 15 is 0 Å². The molecule has 0 radical (unpaired) electrons. The molecule has 16 heavy (non-hydrogen) atoms. The number of benzene rings is 1. The van der Waals surface area contributed by atoms with Crippen molar-refractivity contribution in [1.29, 1.82) is 0 Å². The van der Waals surface area contributed by atoms with Gasteiger partial charge in [-0.05, 0) is 6.07 Å². The van der Waals surface area contributed by atoms with Gasteiger partial charge < -0.3 is 9.47 Å². The van der Waals surface area contributed by atoms with Crippen LogP contribution in [0.15, 0.2) is 18.2 Å². The smallest absolute Gasteiger partial charge is 0.165 e. The molecule has 0 saturated carbocycles. The highest BCUT2D eigenvalue weighted by Crippen LogP contribution is 2.37. The third-order valence-electron chi connectivity index (χ3n) is 2.34. The number of hydrogen-bond acceptors (Lipinski definition) is 3. The third kappa shape index (κ3) is 2.47. The van der Waals surface area contributed by atoms with Crippen molar-refractivity contribution < 1.29 is 14.3 Å². The van der Waals surface area contributed by atoms with E-state index in [-0.39, 0.29) is 5.78 Å². The summed E-state index contributed by atoms with van der Waals surface area (Å²) in [4.78, 5) is 11.6. The first-order valence-corrected chi connectivity index (χ1v) is 5.47. The van der Waals surface area contributed by atoms with E-state index in [0.717, 1.165) is 0 Å². The first-order valence-electron chi connectivity index (χ1n) is 5.03. The van der Waals surface area contributed by atoms with Gasteiger partial charge in [-0.25, -0.2) is 0 Å². The molecule has 0 aliphatic rings. The minimum Gasteiger partial charge on any atom is -0.493 e. The van der Waals surface area contributed by atoms with Crippen LogP contribution in [0.4, 0.5) is 0 Å².